The van der Waals surface area contributed by atoms with E-state index < -0.39 is 5.60 Å². The minimum absolute atomic E-state index is 0.203. The fraction of sp³-hybridized carbons (Fsp3) is 0.520. The van der Waals surface area contributed by atoms with Gasteiger partial charge in [0.15, 0.2) is 5.75 Å². The molecule has 0 N–H and O–H groups in total. The first-order valence-corrected chi connectivity index (χ1v) is 11.7. The molecule has 0 radical (unpaired) electrons. The van der Waals surface area contributed by atoms with E-state index in [-0.39, 0.29) is 12.0 Å². The van der Waals surface area contributed by atoms with Gasteiger partial charge in [-0.15, -0.1) is 0 Å². The molecule has 4 rings (SSSR count). The average molecular weight is 484 g/mol. The highest BCUT2D eigenvalue weighted by Gasteiger charge is 2.29. The minimum Gasteiger partial charge on any atom is -0.491 e. The van der Waals surface area contributed by atoms with Gasteiger partial charge >= 0.3 is 6.09 Å². The van der Waals surface area contributed by atoms with Crippen LogP contribution in [0.15, 0.2) is 30.9 Å². The third-order valence-corrected chi connectivity index (χ3v) is 5.95. The van der Waals surface area contributed by atoms with Crippen LogP contribution in [-0.4, -0.2) is 65.4 Å². The Hall–Kier alpha value is -3.56. The Balaban J connectivity index is 1.40. The van der Waals surface area contributed by atoms with E-state index in [0.717, 1.165) is 36.3 Å². The molecule has 1 amide bonds. The van der Waals surface area contributed by atoms with Crippen molar-refractivity contribution in [3.05, 3.63) is 42.2 Å². The quantitative estimate of drug-likeness (QED) is 0.571. The maximum absolute atomic E-state index is 12.3. The van der Waals surface area contributed by atoms with Gasteiger partial charge in [0.05, 0.1) is 50.2 Å². The van der Waals surface area contributed by atoms with Crippen molar-refractivity contribution in [2.24, 2.45) is 5.92 Å². The Labute approximate surface area is 205 Å². The standard InChI is InChI=1S/C25H33N5O5/c1-25(2,3)35-24(31)30-9-6-17(14-30)8-11-34-22-19-15-29(10-7-20(19)27-16-28-22)18-12-21(32-4)23(33-5)26-13-18/h8,11-13,16-17H,6-7,9-10,14-15H2,1-5H3. The summed E-state index contributed by atoms with van der Waals surface area (Å²) in [6.07, 6.45) is 8.31. The summed E-state index contributed by atoms with van der Waals surface area (Å²) in [5.41, 5.74) is 2.35. The zero-order chi connectivity index (χ0) is 25.0. The zero-order valence-corrected chi connectivity index (χ0v) is 21.0. The molecular formula is C25H33N5O5. The van der Waals surface area contributed by atoms with E-state index in [9.17, 15) is 4.79 Å². The van der Waals surface area contributed by atoms with Crippen molar-refractivity contribution >= 4 is 11.8 Å². The highest BCUT2D eigenvalue weighted by molar-refractivity contribution is 5.68. The number of pyridine rings is 1. The lowest BCUT2D eigenvalue weighted by molar-refractivity contribution is 0.0291. The van der Waals surface area contributed by atoms with Crippen molar-refractivity contribution in [1.29, 1.82) is 0 Å². The zero-order valence-electron chi connectivity index (χ0n) is 21.0. The Morgan fingerprint density at radius 3 is 2.69 bits per heavy atom. The summed E-state index contributed by atoms with van der Waals surface area (Å²) in [7, 11) is 3.16. The first-order chi connectivity index (χ1) is 16.8. The number of carbonyl (C=O) groups excluding carboxylic acids is 1. The van der Waals surface area contributed by atoms with E-state index in [0.29, 0.717) is 37.1 Å². The molecule has 1 unspecified atom stereocenters. The SMILES string of the molecule is COc1cc(N2CCc3ncnc(OC=CC4CCN(C(=O)OC(C)(C)C)C4)c3C2)cnc1OC. The number of ether oxygens (including phenoxy) is 4. The van der Waals surface area contributed by atoms with Crippen LogP contribution in [0.1, 0.15) is 38.4 Å². The smallest absolute Gasteiger partial charge is 0.410 e. The summed E-state index contributed by atoms with van der Waals surface area (Å²) in [5.74, 6) is 1.76. The molecule has 0 saturated carbocycles. The molecule has 2 aromatic rings. The number of anilines is 1. The van der Waals surface area contributed by atoms with Gasteiger partial charge in [0.25, 0.3) is 5.88 Å². The lowest BCUT2D eigenvalue weighted by Crippen LogP contribution is -2.35. The number of hydrogen-bond donors (Lipinski definition) is 0. The molecule has 0 bridgehead atoms. The van der Waals surface area contributed by atoms with Gasteiger partial charge in [-0.1, -0.05) is 0 Å². The van der Waals surface area contributed by atoms with Crippen LogP contribution in [0.4, 0.5) is 10.5 Å². The van der Waals surface area contributed by atoms with Gasteiger partial charge in [-0.05, 0) is 39.2 Å². The van der Waals surface area contributed by atoms with Crippen molar-refractivity contribution in [2.45, 2.75) is 45.8 Å². The van der Waals surface area contributed by atoms with Gasteiger partial charge in [-0.25, -0.2) is 19.7 Å². The number of methoxy groups -OCH3 is 2. The first-order valence-electron chi connectivity index (χ1n) is 11.7. The van der Waals surface area contributed by atoms with E-state index in [1.54, 1.807) is 31.6 Å². The van der Waals surface area contributed by atoms with Crippen LogP contribution in [0.25, 0.3) is 0 Å². The maximum atomic E-state index is 12.3. The number of carbonyl (C=O) groups is 1. The molecule has 10 heteroatoms. The summed E-state index contributed by atoms with van der Waals surface area (Å²) < 4.78 is 22.1. The molecule has 35 heavy (non-hydrogen) atoms. The number of aromatic nitrogens is 3. The third kappa shape index (κ3) is 5.93. The molecule has 0 aliphatic carbocycles. The van der Waals surface area contributed by atoms with Gasteiger partial charge in [-0.2, -0.15) is 0 Å². The van der Waals surface area contributed by atoms with Gasteiger partial charge in [0.2, 0.25) is 5.88 Å². The highest BCUT2D eigenvalue weighted by Crippen LogP contribution is 2.33. The number of hydrogen-bond acceptors (Lipinski definition) is 9. The summed E-state index contributed by atoms with van der Waals surface area (Å²) in [4.78, 5) is 29.4. The molecule has 1 atom stereocenters. The van der Waals surface area contributed by atoms with E-state index in [1.165, 1.54) is 6.33 Å². The molecular weight excluding hydrogens is 450 g/mol. The Morgan fingerprint density at radius 1 is 1.11 bits per heavy atom. The second-order valence-corrected chi connectivity index (χ2v) is 9.60. The fourth-order valence-corrected chi connectivity index (χ4v) is 4.18. The second-order valence-electron chi connectivity index (χ2n) is 9.60. The topological polar surface area (TPSA) is 99.1 Å². The Morgan fingerprint density at radius 2 is 1.94 bits per heavy atom. The third-order valence-electron chi connectivity index (χ3n) is 5.95. The molecule has 1 saturated heterocycles. The Bertz CT molecular complexity index is 1080. The number of nitrogens with zero attached hydrogens (tertiary/aromatic N) is 5. The maximum Gasteiger partial charge on any atom is 0.410 e. The van der Waals surface area contributed by atoms with Crippen LogP contribution in [0, 0.1) is 5.92 Å². The summed E-state index contributed by atoms with van der Waals surface area (Å²) >= 11 is 0. The van der Waals surface area contributed by atoms with Gasteiger partial charge < -0.3 is 28.7 Å². The van der Waals surface area contributed by atoms with E-state index in [1.807, 2.05) is 32.9 Å². The van der Waals surface area contributed by atoms with Crippen LogP contribution >= 0.6 is 0 Å². The molecule has 2 aliphatic rings. The van der Waals surface area contributed by atoms with Crippen molar-refractivity contribution in [3.63, 3.8) is 0 Å². The lowest BCUT2D eigenvalue weighted by Gasteiger charge is -2.30. The first kappa shape index (κ1) is 24.6. The predicted molar refractivity (Wildman–Crippen MR) is 130 cm³/mol. The Kier molecular flexibility index (Phi) is 7.28. The van der Waals surface area contributed by atoms with Crippen LogP contribution < -0.4 is 19.1 Å². The van der Waals surface area contributed by atoms with E-state index in [4.69, 9.17) is 18.9 Å². The van der Waals surface area contributed by atoms with Crippen LogP contribution in [0.2, 0.25) is 0 Å². The summed E-state index contributed by atoms with van der Waals surface area (Å²) in [6, 6.07) is 1.91. The number of amides is 1. The van der Waals surface area contributed by atoms with Crippen LogP contribution in [-0.2, 0) is 17.7 Å². The molecule has 188 valence electrons. The monoisotopic (exact) mass is 483 g/mol. The molecule has 0 aromatic carbocycles. The molecule has 4 heterocycles. The van der Waals surface area contributed by atoms with Gasteiger partial charge in [0.1, 0.15) is 11.9 Å². The fourth-order valence-electron chi connectivity index (χ4n) is 4.18. The van der Waals surface area contributed by atoms with Gasteiger partial charge in [-0.3, -0.25) is 0 Å². The normalized spacial score (nSPS) is 17.9. The van der Waals surface area contributed by atoms with Crippen molar-refractivity contribution in [1.82, 2.24) is 19.9 Å². The summed E-state index contributed by atoms with van der Waals surface area (Å²) in [6.45, 7) is 8.27. The highest BCUT2D eigenvalue weighted by atomic mass is 16.6. The van der Waals surface area contributed by atoms with Crippen molar-refractivity contribution in [3.8, 4) is 17.5 Å². The van der Waals surface area contributed by atoms with E-state index >= 15 is 0 Å². The predicted octanol–water partition coefficient (Wildman–Crippen LogP) is 3.60. The lowest BCUT2D eigenvalue weighted by atomic mass is 10.1. The second kappa shape index (κ2) is 10.4. The van der Waals surface area contributed by atoms with Crippen molar-refractivity contribution < 1.29 is 23.7 Å². The largest absolute Gasteiger partial charge is 0.491 e. The van der Waals surface area contributed by atoms with Crippen LogP contribution in [0.5, 0.6) is 17.5 Å². The molecule has 0 spiro atoms. The average Bonchev–Trinajstić information content (AvgIpc) is 3.31. The number of rotatable bonds is 6. The molecule has 1 fully saturated rings. The van der Waals surface area contributed by atoms with Gasteiger partial charge in [0, 0.05) is 32.1 Å². The molecule has 2 aromatic heterocycles. The number of fused-ring (bicyclic) bond motifs is 1. The molecule has 2 aliphatic heterocycles. The van der Waals surface area contributed by atoms with Crippen LogP contribution in [0.3, 0.4) is 0 Å². The van der Waals surface area contributed by atoms with Crippen molar-refractivity contribution in [2.75, 3.05) is 38.8 Å². The molecule has 10 nitrogen and oxygen atoms in total. The van der Waals surface area contributed by atoms with E-state index in [2.05, 4.69) is 19.9 Å². The summed E-state index contributed by atoms with van der Waals surface area (Å²) in [5, 5.41) is 0. The minimum atomic E-state index is -0.499. The number of likely N-dealkylation sites (tertiary alicyclic amines) is 1.